The second kappa shape index (κ2) is 11.5. The van der Waals surface area contributed by atoms with E-state index < -0.39 is 0 Å². The average molecular weight is 713 g/mol. The maximum absolute atomic E-state index is 6.88. The Hall–Kier alpha value is -6.96. The number of furan rings is 1. The molecule has 0 fully saturated rings. The third-order valence-corrected chi connectivity index (χ3v) is 12.6. The zero-order valence-corrected chi connectivity index (χ0v) is 31.2. The van der Waals surface area contributed by atoms with Crippen molar-refractivity contribution in [1.29, 1.82) is 0 Å². The van der Waals surface area contributed by atoms with Crippen LogP contribution < -0.4 is 0 Å². The Kier molecular flexibility index (Phi) is 6.46. The van der Waals surface area contributed by atoms with E-state index in [1.807, 2.05) is 0 Å². The fraction of sp³-hybridized carbons (Fsp3) is 0.0545. The molecule has 10 aromatic carbocycles. The molecule has 1 aliphatic carbocycles. The molecule has 1 heteroatoms. The molecule has 1 aromatic heterocycles. The van der Waals surface area contributed by atoms with Gasteiger partial charge in [-0.2, -0.15) is 0 Å². The van der Waals surface area contributed by atoms with Crippen molar-refractivity contribution >= 4 is 65.0 Å². The molecule has 0 spiro atoms. The number of para-hydroxylation sites is 1. The number of fused-ring (bicyclic) bond motifs is 12. The van der Waals surface area contributed by atoms with Gasteiger partial charge in [-0.15, -0.1) is 0 Å². The number of rotatable bonds is 3. The highest BCUT2D eigenvalue weighted by Gasteiger charge is 2.40. The Morgan fingerprint density at radius 1 is 0.375 bits per heavy atom. The average Bonchev–Trinajstić information content (AvgIpc) is 3.75. The normalized spacial score (nSPS) is 13.3. The van der Waals surface area contributed by atoms with Crippen LogP contribution >= 0.6 is 0 Å². The first-order chi connectivity index (χ1) is 27.6. The zero-order chi connectivity index (χ0) is 37.1. The second-order valence-corrected chi connectivity index (χ2v) is 15.9. The SMILES string of the molecule is CC1(C)c2cc(-c3ccc(-c4c5ccccc5c(-c5cccc6ccccc56)c5ccccc45)cc3)c3c(oc4ccccc43)c2-c2ccc3ccccc3c21. The van der Waals surface area contributed by atoms with Gasteiger partial charge < -0.3 is 4.42 Å². The molecule has 1 aliphatic rings. The van der Waals surface area contributed by atoms with Gasteiger partial charge in [0.25, 0.3) is 0 Å². The topological polar surface area (TPSA) is 13.1 Å². The van der Waals surface area contributed by atoms with Crippen LogP contribution in [0.3, 0.4) is 0 Å². The van der Waals surface area contributed by atoms with Crippen LogP contribution in [0, 0.1) is 0 Å². The molecule has 0 N–H and O–H groups in total. The van der Waals surface area contributed by atoms with Gasteiger partial charge in [0.1, 0.15) is 11.2 Å². The molecule has 11 aromatic rings. The Morgan fingerprint density at radius 3 is 1.61 bits per heavy atom. The van der Waals surface area contributed by atoms with E-state index in [-0.39, 0.29) is 5.41 Å². The molecule has 0 bridgehead atoms. The van der Waals surface area contributed by atoms with Gasteiger partial charge in [-0.1, -0.05) is 184 Å². The van der Waals surface area contributed by atoms with Crippen LogP contribution in [-0.4, -0.2) is 0 Å². The van der Waals surface area contributed by atoms with Gasteiger partial charge >= 0.3 is 0 Å². The fourth-order valence-electron chi connectivity index (χ4n) is 10.2. The predicted molar refractivity (Wildman–Crippen MR) is 238 cm³/mol. The van der Waals surface area contributed by atoms with Gasteiger partial charge in [0.05, 0.1) is 0 Å². The lowest BCUT2D eigenvalue weighted by atomic mass is 9.79. The smallest absolute Gasteiger partial charge is 0.144 e. The van der Waals surface area contributed by atoms with Crippen LogP contribution in [0.15, 0.2) is 186 Å². The molecule has 0 atom stereocenters. The molecule has 0 radical (unpaired) electrons. The van der Waals surface area contributed by atoms with E-state index in [4.69, 9.17) is 4.42 Å². The van der Waals surface area contributed by atoms with Crippen LogP contribution in [0.2, 0.25) is 0 Å². The van der Waals surface area contributed by atoms with Gasteiger partial charge in [-0.05, 0) is 105 Å². The lowest BCUT2D eigenvalue weighted by Gasteiger charge is -2.24. The summed E-state index contributed by atoms with van der Waals surface area (Å²) in [6.07, 6.45) is 0. The Bertz CT molecular complexity index is 3370. The van der Waals surface area contributed by atoms with Crippen LogP contribution in [0.5, 0.6) is 0 Å². The van der Waals surface area contributed by atoms with Crippen LogP contribution in [0.25, 0.3) is 110 Å². The van der Waals surface area contributed by atoms with Gasteiger partial charge in [0.15, 0.2) is 0 Å². The van der Waals surface area contributed by atoms with Crippen LogP contribution in [0.4, 0.5) is 0 Å². The number of hydrogen-bond acceptors (Lipinski definition) is 1. The minimum absolute atomic E-state index is 0.211. The lowest BCUT2D eigenvalue weighted by Crippen LogP contribution is -2.15. The lowest BCUT2D eigenvalue weighted by molar-refractivity contribution is 0.657. The monoisotopic (exact) mass is 712 g/mol. The van der Waals surface area contributed by atoms with Crippen LogP contribution in [-0.2, 0) is 5.41 Å². The molecule has 1 heterocycles. The first-order valence-corrected chi connectivity index (χ1v) is 19.6. The van der Waals surface area contributed by atoms with Crippen molar-refractivity contribution in [3.8, 4) is 44.5 Å². The minimum Gasteiger partial charge on any atom is -0.455 e. The molecular formula is C55H36O. The van der Waals surface area contributed by atoms with Crippen molar-refractivity contribution in [3.63, 3.8) is 0 Å². The highest BCUT2D eigenvalue weighted by atomic mass is 16.3. The molecule has 0 unspecified atom stereocenters. The molecule has 0 saturated heterocycles. The Labute approximate surface area is 325 Å². The predicted octanol–water partition coefficient (Wildman–Crippen LogP) is 15.5. The quantitative estimate of drug-likeness (QED) is 0.166. The van der Waals surface area contributed by atoms with E-state index in [1.165, 1.54) is 104 Å². The van der Waals surface area contributed by atoms with Crippen LogP contribution in [0.1, 0.15) is 25.0 Å². The minimum atomic E-state index is -0.211. The van der Waals surface area contributed by atoms with E-state index in [1.54, 1.807) is 0 Å². The molecule has 12 rings (SSSR count). The molecular weight excluding hydrogens is 677 g/mol. The van der Waals surface area contributed by atoms with Crippen molar-refractivity contribution in [2.24, 2.45) is 0 Å². The first kappa shape index (κ1) is 31.4. The Morgan fingerprint density at radius 2 is 0.911 bits per heavy atom. The standard InChI is InChI=1S/C55H36O/c1-55(2)47-32-46(51-44-23-11-12-25-48(44)56-54(51)52(47)45-31-30-34-15-4-6-18-38(34)53(45)55)35-26-28-36(29-27-35)49-40-19-7-9-21-42(40)50(43-22-10-8-20-41(43)49)39-24-13-16-33-14-3-5-17-37(33)39/h3-32H,1-2H3. The molecule has 262 valence electrons. The summed E-state index contributed by atoms with van der Waals surface area (Å²) in [5.74, 6) is 0. The fourth-order valence-corrected chi connectivity index (χ4v) is 10.2. The van der Waals surface area contributed by atoms with E-state index >= 15 is 0 Å². The first-order valence-electron chi connectivity index (χ1n) is 19.6. The summed E-state index contributed by atoms with van der Waals surface area (Å²) in [4.78, 5) is 0. The third kappa shape index (κ3) is 4.26. The highest BCUT2D eigenvalue weighted by Crippen LogP contribution is 2.56. The Balaban J connectivity index is 1.09. The highest BCUT2D eigenvalue weighted by molar-refractivity contribution is 6.24. The molecule has 0 amide bonds. The van der Waals surface area contributed by atoms with E-state index in [9.17, 15) is 0 Å². The summed E-state index contributed by atoms with van der Waals surface area (Å²) in [5, 5.41) is 12.5. The van der Waals surface area contributed by atoms with E-state index in [0.29, 0.717) is 0 Å². The third-order valence-electron chi connectivity index (χ3n) is 12.6. The summed E-state index contributed by atoms with van der Waals surface area (Å²) in [6.45, 7) is 4.76. The van der Waals surface area contributed by atoms with Gasteiger partial charge in [0, 0.05) is 21.8 Å². The second-order valence-electron chi connectivity index (χ2n) is 15.9. The number of benzene rings is 10. The van der Waals surface area contributed by atoms with Crippen molar-refractivity contribution < 1.29 is 4.42 Å². The summed E-state index contributed by atoms with van der Waals surface area (Å²) in [5.41, 5.74) is 14.3. The van der Waals surface area contributed by atoms with Crippen molar-refractivity contribution in [2.45, 2.75) is 19.3 Å². The van der Waals surface area contributed by atoms with E-state index in [0.717, 1.165) is 16.6 Å². The van der Waals surface area contributed by atoms with Crippen molar-refractivity contribution in [1.82, 2.24) is 0 Å². The zero-order valence-electron chi connectivity index (χ0n) is 31.2. The maximum Gasteiger partial charge on any atom is 0.144 e. The van der Waals surface area contributed by atoms with Gasteiger partial charge in [-0.3, -0.25) is 0 Å². The van der Waals surface area contributed by atoms with Crippen molar-refractivity contribution in [2.75, 3.05) is 0 Å². The summed E-state index contributed by atoms with van der Waals surface area (Å²) in [7, 11) is 0. The van der Waals surface area contributed by atoms with Gasteiger partial charge in [0.2, 0.25) is 0 Å². The molecule has 0 saturated carbocycles. The number of hydrogen-bond donors (Lipinski definition) is 0. The maximum atomic E-state index is 6.88. The molecule has 56 heavy (non-hydrogen) atoms. The van der Waals surface area contributed by atoms with Crippen molar-refractivity contribution in [3.05, 3.63) is 193 Å². The van der Waals surface area contributed by atoms with Gasteiger partial charge in [-0.25, -0.2) is 0 Å². The largest absolute Gasteiger partial charge is 0.455 e. The van der Waals surface area contributed by atoms with E-state index in [2.05, 4.69) is 196 Å². The summed E-state index contributed by atoms with van der Waals surface area (Å²) < 4.78 is 6.88. The summed E-state index contributed by atoms with van der Waals surface area (Å²) >= 11 is 0. The molecule has 1 nitrogen and oxygen atoms in total. The molecule has 0 aliphatic heterocycles. The summed E-state index contributed by atoms with van der Waals surface area (Å²) in [6, 6.07) is 67.0.